The zero-order valence-electron chi connectivity index (χ0n) is 10.6. The molecule has 1 N–H and O–H groups in total. The maximum absolute atomic E-state index is 3.67. The van der Waals surface area contributed by atoms with Gasteiger partial charge >= 0.3 is 0 Å². The molecule has 0 radical (unpaired) electrons. The zero-order valence-corrected chi connectivity index (χ0v) is 13.0. The number of nitrogens with zero attached hydrogens (tertiary/aromatic N) is 1. The lowest BCUT2D eigenvalue weighted by Gasteiger charge is -2.24. The van der Waals surface area contributed by atoms with E-state index < -0.39 is 0 Å². The van der Waals surface area contributed by atoms with Crippen molar-refractivity contribution in [2.75, 3.05) is 19.6 Å². The molecule has 1 aromatic heterocycles. The van der Waals surface area contributed by atoms with Crippen molar-refractivity contribution in [2.24, 2.45) is 0 Å². The summed E-state index contributed by atoms with van der Waals surface area (Å²) < 4.78 is 1.20. The summed E-state index contributed by atoms with van der Waals surface area (Å²) in [5, 5.41) is 5.82. The summed E-state index contributed by atoms with van der Waals surface area (Å²) in [5.74, 6) is 0. The molecule has 2 nitrogen and oxygen atoms in total. The maximum atomic E-state index is 3.67. The number of rotatable bonds is 5. The summed E-state index contributed by atoms with van der Waals surface area (Å²) in [4.78, 5) is 4.00. The van der Waals surface area contributed by atoms with Gasteiger partial charge in [-0.05, 0) is 54.9 Å². The average molecular weight is 317 g/mol. The molecule has 1 aliphatic rings. The Hall–Kier alpha value is 0.1000. The molecule has 0 spiro atoms. The first kappa shape index (κ1) is 13.5. The van der Waals surface area contributed by atoms with Crippen LogP contribution in [0.3, 0.4) is 0 Å². The van der Waals surface area contributed by atoms with E-state index in [-0.39, 0.29) is 0 Å². The molecule has 0 saturated carbocycles. The van der Waals surface area contributed by atoms with Gasteiger partial charge in [0, 0.05) is 33.4 Å². The minimum absolute atomic E-state index is 0.464. The van der Waals surface area contributed by atoms with E-state index in [1.54, 1.807) is 0 Å². The van der Waals surface area contributed by atoms with E-state index in [1.807, 2.05) is 11.3 Å². The molecule has 0 aliphatic carbocycles. The third-order valence-electron chi connectivity index (χ3n) is 3.58. The van der Waals surface area contributed by atoms with Crippen molar-refractivity contribution in [1.29, 1.82) is 0 Å². The molecule has 2 heterocycles. The molecule has 1 aromatic rings. The zero-order chi connectivity index (χ0) is 12.3. The van der Waals surface area contributed by atoms with Crippen molar-refractivity contribution in [1.82, 2.24) is 10.2 Å². The fourth-order valence-electron chi connectivity index (χ4n) is 2.51. The van der Waals surface area contributed by atoms with Gasteiger partial charge in [-0.15, -0.1) is 11.3 Å². The van der Waals surface area contributed by atoms with Gasteiger partial charge in [-0.3, -0.25) is 4.90 Å². The number of thiophene rings is 1. The van der Waals surface area contributed by atoms with Gasteiger partial charge in [0.25, 0.3) is 0 Å². The predicted molar refractivity (Wildman–Crippen MR) is 78.7 cm³/mol. The molecule has 1 fully saturated rings. The molecular formula is C13H21BrN2S. The smallest absolute Gasteiger partial charge is 0.0387 e. The van der Waals surface area contributed by atoms with Crippen LogP contribution in [0.2, 0.25) is 0 Å². The van der Waals surface area contributed by atoms with E-state index in [9.17, 15) is 0 Å². The van der Waals surface area contributed by atoms with Crippen molar-refractivity contribution in [3.8, 4) is 0 Å². The van der Waals surface area contributed by atoms with Crippen LogP contribution in [-0.2, 0) is 0 Å². The minimum atomic E-state index is 0.464. The first-order valence-electron chi connectivity index (χ1n) is 6.42. The van der Waals surface area contributed by atoms with Gasteiger partial charge in [-0.1, -0.05) is 6.92 Å². The average Bonchev–Trinajstić information content (AvgIpc) is 2.94. The molecule has 2 atom stereocenters. The Balaban J connectivity index is 1.81. The lowest BCUT2D eigenvalue weighted by Crippen LogP contribution is -2.38. The van der Waals surface area contributed by atoms with Crippen molar-refractivity contribution >= 4 is 27.3 Å². The molecule has 96 valence electrons. The van der Waals surface area contributed by atoms with Crippen molar-refractivity contribution < 1.29 is 0 Å². The number of likely N-dealkylation sites (tertiary alicyclic amines) is 1. The number of hydrogen-bond donors (Lipinski definition) is 1. The first-order valence-corrected chi connectivity index (χ1v) is 8.09. The van der Waals surface area contributed by atoms with E-state index in [2.05, 4.69) is 51.4 Å². The quantitative estimate of drug-likeness (QED) is 0.892. The molecular weight excluding hydrogens is 296 g/mol. The van der Waals surface area contributed by atoms with Gasteiger partial charge in [-0.2, -0.15) is 0 Å². The van der Waals surface area contributed by atoms with Gasteiger partial charge in [0.2, 0.25) is 0 Å². The summed E-state index contributed by atoms with van der Waals surface area (Å²) in [6, 6.07) is 3.42. The number of likely N-dealkylation sites (N-methyl/N-ethyl adjacent to an activating group) is 1. The molecule has 1 saturated heterocycles. The van der Waals surface area contributed by atoms with Crippen LogP contribution in [0.5, 0.6) is 0 Å². The molecule has 4 heteroatoms. The Morgan fingerprint density at radius 1 is 1.65 bits per heavy atom. The van der Waals surface area contributed by atoms with E-state index in [0.717, 1.165) is 12.6 Å². The highest BCUT2D eigenvalue weighted by Crippen LogP contribution is 2.25. The summed E-state index contributed by atoms with van der Waals surface area (Å²) in [6.07, 6.45) is 2.71. The SMILES string of the molecule is CCN1CCCC1CNC(C)c1cc(Br)cs1. The summed E-state index contributed by atoms with van der Waals surface area (Å²) in [6.45, 7) is 8.10. The van der Waals surface area contributed by atoms with Gasteiger partial charge in [0.1, 0.15) is 0 Å². The van der Waals surface area contributed by atoms with E-state index in [1.165, 1.54) is 35.3 Å². The summed E-state index contributed by atoms with van der Waals surface area (Å²) >= 11 is 5.34. The van der Waals surface area contributed by atoms with Crippen LogP contribution in [0, 0.1) is 0 Å². The number of nitrogens with one attached hydrogen (secondary N) is 1. The Labute approximate surface area is 117 Å². The molecule has 2 rings (SSSR count). The van der Waals surface area contributed by atoms with E-state index in [4.69, 9.17) is 0 Å². The third kappa shape index (κ3) is 3.53. The van der Waals surface area contributed by atoms with Crippen molar-refractivity contribution in [3.05, 3.63) is 20.8 Å². The Morgan fingerprint density at radius 2 is 2.47 bits per heavy atom. The Kier molecular flexibility index (Phi) is 5.03. The lowest BCUT2D eigenvalue weighted by atomic mass is 10.2. The van der Waals surface area contributed by atoms with Gasteiger partial charge in [0.15, 0.2) is 0 Å². The summed E-state index contributed by atoms with van der Waals surface area (Å²) in [5.41, 5.74) is 0. The fraction of sp³-hybridized carbons (Fsp3) is 0.692. The topological polar surface area (TPSA) is 15.3 Å². The number of halogens is 1. The standard InChI is InChI=1S/C13H21BrN2S/c1-3-16-6-4-5-12(16)8-15-10(2)13-7-11(14)9-17-13/h7,9-10,12,15H,3-6,8H2,1-2H3. The van der Waals surface area contributed by atoms with Crippen LogP contribution < -0.4 is 5.32 Å². The highest BCUT2D eigenvalue weighted by atomic mass is 79.9. The van der Waals surface area contributed by atoms with Crippen LogP contribution in [0.15, 0.2) is 15.9 Å². The van der Waals surface area contributed by atoms with Crippen LogP contribution >= 0.6 is 27.3 Å². The predicted octanol–water partition coefficient (Wildman–Crippen LogP) is 3.65. The van der Waals surface area contributed by atoms with Crippen LogP contribution in [0.25, 0.3) is 0 Å². The molecule has 0 amide bonds. The molecule has 2 unspecified atom stereocenters. The molecule has 0 bridgehead atoms. The molecule has 17 heavy (non-hydrogen) atoms. The third-order valence-corrected chi connectivity index (χ3v) is 5.46. The van der Waals surface area contributed by atoms with Crippen molar-refractivity contribution in [3.63, 3.8) is 0 Å². The first-order chi connectivity index (χ1) is 8.20. The monoisotopic (exact) mass is 316 g/mol. The Morgan fingerprint density at radius 3 is 3.12 bits per heavy atom. The molecule has 0 aromatic carbocycles. The molecule has 1 aliphatic heterocycles. The van der Waals surface area contributed by atoms with E-state index >= 15 is 0 Å². The van der Waals surface area contributed by atoms with Gasteiger partial charge in [0.05, 0.1) is 0 Å². The minimum Gasteiger partial charge on any atom is -0.308 e. The second-order valence-electron chi connectivity index (χ2n) is 4.72. The van der Waals surface area contributed by atoms with Crippen molar-refractivity contribution in [2.45, 2.75) is 38.8 Å². The van der Waals surface area contributed by atoms with E-state index in [0.29, 0.717) is 6.04 Å². The normalized spacial score (nSPS) is 23.1. The second kappa shape index (κ2) is 6.32. The number of hydrogen-bond acceptors (Lipinski definition) is 3. The highest BCUT2D eigenvalue weighted by Gasteiger charge is 2.23. The van der Waals surface area contributed by atoms with Crippen LogP contribution in [-0.4, -0.2) is 30.6 Å². The summed E-state index contributed by atoms with van der Waals surface area (Å²) in [7, 11) is 0. The highest BCUT2D eigenvalue weighted by molar-refractivity contribution is 9.10. The van der Waals surface area contributed by atoms with Crippen LogP contribution in [0.1, 0.15) is 37.6 Å². The van der Waals surface area contributed by atoms with Gasteiger partial charge in [-0.25, -0.2) is 0 Å². The van der Waals surface area contributed by atoms with Crippen LogP contribution in [0.4, 0.5) is 0 Å². The fourth-order valence-corrected chi connectivity index (χ4v) is 3.99. The second-order valence-corrected chi connectivity index (χ2v) is 6.58. The lowest BCUT2D eigenvalue weighted by molar-refractivity contribution is 0.255. The Bertz CT molecular complexity index is 353. The van der Waals surface area contributed by atoms with Gasteiger partial charge < -0.3 is 5.32 Å². The largest absolute Gasteiger partial charge is 0.308 e. The maximum Gasteiger partial charge on any atom is 0.0387 e.